The van der Waals surface area contributed by atoms with E-state index in [2.05, 4.69) is 10.1 Å². The summed E-state index contributed by atoms with van der Waals surface area (Å²) in [6.45, 7) is 7.68. The van der Waals surface area contributed by atoms with Crippen LogP contribution >= 0.6 is 0 Å². The zero-order valence-corrected chi connectivity index (χ0v) is 14.1. The van der Waals surface area contributed by atoms with Crippen LogP contribution in [0.4, 0.5) is 0 Å². The second-order valence-electron chi connectivity index (χ2n) is 6.36. The largest absolute Gasteiger partial charge is 0.497 e. The topological polar surface area (TPSA) is 74.5 Å². The van der Waals surface area contributed by atoms with Crippen molar-refractivity contribution in [1.29, 1.82) is 0 Å². The number of hydrogen-bond donors (Lipinski definition) is 0. The minimum Gasteiger partial charge on any atom is -0.497 e. The second kappa shape index (κ2) is 6.81. The fraction of sp³-hybridized carbons (Fsp3) is 0.471. The first kappa shape index (κ1) is 17.0. The highest BCUT2D eigenvalue weighted by molar-refractivity contribution is 5.72. The molecule has 1 atom stereocenters. The van der Waals surface area contributed by atoms with E-state index < -0.39 is 6.10 Å². The fourth-order valence-corrected chi connectivity index (χ4v) is 1.90. The van der Waals surface area contributed by atoms with Gasteiger partial charge in [-0.2, -0.15) is 4.98 Å². The molecule has 0 spiro atoms. The molecule has 0 aliphatic heterocycles. The zero-order valence-electron chi connectivity index (χ0n) is 14.1. The van der Waals surface area contributed by atoms with E-state index >= 15 is 0 Å². The first-order valence-electron chi connectivity index (χ1n) is 7.46. The number of carbonyl (C=O) groups excluding carboxylic acids is 1. The molecule has 1 unspecified atom stereocenters. The summed E-state index contributed by atoms with van der Waals surface area (Å²) in [5.74, 6) is 1.29. The van der Waals surface area contributed by atoms with Gasteiger partial charge in [0.2, 0.25) is 0 Å². The van der Waals surface area contributed by atoms with E-state index in [9.17, 15) is 4.79 Å². The first-order valence-corrected chi connectivity index (χ1v) is 7.46. The highest BCUT2D eigenvalue weighted by Crippen LogP contribution is 2.22. The van der Waals surface area contributed by atoms with E-state index in [0.717, 1.165) is 11.3 Å². The van der Waals surface area contributed by atoms with E-state index in [-0.39, 0.29) is 17.8 Å². The molecule has 124 valence electrons. The molecule has 1 heterocycles. The SMILES string of the molecule is COc1ccc(CC(=O)OC(C)c2nc(C(C)(C)C)no2)cc1. The van der Waals surface area contributed by atoms with Gasteiger partial charge in [0.05, 0.1) is 13.5 Å². The summed E-state index contributed by atoms with van der Waals surface area (Å²) in [5, 5.41) is 3.93. The average molecular weight is 318 g/mol. The number of aromatic nitrogens is 2. The molecule has 0 aliphatic carbocycles. The van der Waals surface area contributed by atoms with Gasteiger partial charge in [-0.25, -0.2) is 0 Å². The lowest BCUT2D eigenvalue weighted by molar-refractivity contribution is -0.148. The highest BCUT2D eigenvalue weighted by Gasteiger charge is 2.24. The number of ether oxygens (including phenoxy) is 2. The van der Waals surface area contributed by atoms with Crippen LogP contribution in [0.2, 0.25) is 0 Å². The Hall–Kier alpha value is -2.37. The van der Waals surface area contributed by atoms with Crippen LogP contribution in [0.5, 0.6) is 5.75 Å². The van der Waals surface area contributed by atoms with Gasteiger partial charge in [0.15, 0.2) is 11.9 Å². The van der Waals surface area contributed by atoms with E-state index in [1.54, 1.807) is 26.2 Å². The Balaban J connectivity index is 1.95. The summed E-state index contributed by atoms with van der Waals surface area (Å²) in [6, 6.07) is 7.27. The lowest BCUT2D eigenvalue weighted by atomic mass is 9.96. The zero-order chi connectivity index (χ0) is 17.0. The minimum atomic E-state index is -0.579. The Kier molecular flexibility index (Phi) is 5.03. The number of methoxy groups -OCH3 is 1. The van der Waals surface area contributed by atoms with Gasteiger partial charge < -0.3 is 14.0 Å². The van der Waals surface area contributed by atoms with Crippen molar-refractivity contribution in [2.75, 3.05) is 7.11 Å². The van der Waals surface area contributed by atoms with Crippen LogP contribution in [0.15, 0.2) is 28.8 Å². The third kappa shape index (κ3) is 4.55. The smallest absolute Gasteiger partial charge is 0.311 e. The van der Waals surface area contributed by atoms with Gasteiger partial charge in [0, 0.05) is 5.41 Å². The monoisotopic (exact) mass is 318 g/mol. The fourth-order valence-electron chi connectivity index (χ4n) is 1.90. The standard InChI is InChI=1S/C17H22N2O4/c1-11(15-18-16(19-23-15)17(2,3)4)22-14(20)10-12-6-8-13(21-5)9-7-12/h6-9,11H,10H2,1-5H3. The van der Waals surface area contributed by atoms with E-state index in [1.807, 2.05) is 32.9 Å². The van der Waals surface area contributed by atoms with Crippen molar-refractivity contribution in [1.82, 2.24) is 10.1 Å². The van der Waals surface area contributed by atoms with Crippen LogP contribution < -0.4 is 4.74 Å². The first-order chi connectivity index (χ1) is 10.8. The lowest BCUT2D eigenvalue weighted by Crippen LogP contribution is -2.14. The summed E-state index contributed by atoms with van der Waals surface area (Å²) in [5.41, 5.74) is 0.637. The number of rotatable bonds is 5. The molecule has 0 saturated carbocycles. The van der Waals surface area contributed by atoms with Crippen molar-refractivity contribution >= 4 is 5.97 Å². The predicted octanol–water partition coefficient (Wildman–Crippen LogP) is 3.22. The van der Waals surface area contributed by atoms with Crippen LogP contribution in [0.1, 0.15) is 51.1 Å². The van der Waals surface area contributed by atoms with Gasteiger partial charge in [-0.15, -0.1) is 0 Å². The Morgan fingerprint density at radius 3 is 2.43 bits per heavy atom. The molecule has 23 heavy (non-hydrogen) atoms. The normalized spacial score (nSPS) is 12.7. The van der Waals surface area contributed by atoms with Gasteiger partial charge in [-0.3, -0.25) is 4.79 Å². The molecule has 2 rings (SSSR count). The maximum atomic E-state index is 12.0. The lowest BCUT2D eigenvalue weighted by Gasteiger charge is -2.11. The average Bonchev–Trinajstić information content (AvgIpc) is 2.98. The summed E-state index contributed by atoms with van der Waals surface area (Å²) in [7, 11) is 1.60. The second-order valence-corrected chi connectivity index (χ2v) is 6.36. The van der Waals surface area contributed by atoms with Crippen molar-refractivity contribution in [2.24, 2.45) is 0 Å². The van der Waals surface area contributed by atoms with Gasteiger partial charge in [0.1, 0.15) is 5.75 Å². The van der Waals surface area contributed by atoms with Gasteiger partial charge in [0.25, 0.3) is 5.89 Å². The molecular weight excluding hydrogens is 296 g/mol. The minimum absolute atomic E-state index is 0.175. The molecule has 0 saturated heterocycles. The Bertz CT molecular complexity index is 656. The summed E-state index contributed by atoms with van der Waals surface area (Å²) < 4.78 is 15.6. The van der Waals surface area contributed by atoms with Gasteiger partial charge in [-0.1, -0.05) is 38.1 Å². The van der Waals surface area contributed by atoms with Crippen molar-refractivity contribution in [3.05, 3.63) is 41.5 Å². The summed E-state index contributed by atoms with van der Waals surface area (Å²) >= 11 is 0. The summed E-state index contributed by atoms with van der Waals surface area (Å²) in [4.78, 5) is 16.3. The van der Waals surface area contributed by atoms with Crippen molar-refractivity contribution in [2.45, 2.75) is 45.6 Å². The number of carbonyl (C=O) groups is 1. The molecule has 1 aromatic heterocycles. The number of hydrogen-bond acceptors (Lipinski definition) is 6. The van der Waals surface area contributed by atoms with Crippen LogP contribution in [0, 0.1) is 0 Å². The Morgan fingerprint density at radius 1 is 1.26 bits per heavy atom. The molecule has 0 radical (unpaired) electrons. The molecule has 0 aliphatic rings. The van der Waals surface area contributed by atoms with Crippen molar-refractivity contribution < 1.29 is 18.8 Å². The quantitative estimate of drug-likeness (QED) is 0.788. The van der Waals surface area contributed by atoms with E-state index in [4.69, 9.17) is 14.0 Å². The molecule has 0 fully saturated rings. The van der Waals surface area contributed by atoms with E-state index in [1.165, 1.54) is 0 Å². The molecule has 0 bridgehead atoms. The van der Waals surface area contributed by atoms with Crippen LogP contribution in [0.25, 0.3) is 0 Å². The molecular formula is C17H22N2O4. The molecule has 6 nitrogen and oxygen atoms in total. The van der Waals surface area contributed by atoms with Gasteiger partial charge >= 0.3 is 5.97 Å². The molecule has 6 heteroatoms. The number of esters is 1. The maximum absolute atomic E-state index is 12.0. The van der Waals surface area contributed by atoms with Gasteiger partial charge in [-0.05, 0) is 24.6 Å². The number of nitrogens with zero attached hydrogens (tertiary/aromatic N) is 2. The summed E-state index contributed by atoms with van der Waals surface area (Å²) in [6.07, 6.45) is -0.404. The van der Waals surface area contributed by atoms with Crippen molar-refractivity contribution in [3.63, 3.8) is 0 Å². The number of benzene rings is 1. The van der Waals surface area contributed by atoms with Crippen LogP contribution in [0.3, 0.4) is 0 Å². The van der Waals surface area contributed by atoms with E-state index in [0.29, 0.717) is 11.7 Å². The predicted molar refractivity (Wildman–Crippen MR) is 84.2 cm³/mol. The Morgan fingerprint density at radius 2 is 1.91 bits per heavy atom. The molecule has 0 N–H and O–H groups in total. The third-order valence-electron chi connectivity index (χ3n) is 3.28. The van der Waals surface area contributed by atoms with Crippen LogP contribution in [-0.2, 0) is 21.4 Å². The molecule has 2 aromatic rings. The Labute approximate surface area is 135 Å². The van der Waals surface area contributed by atoms with Crippen molar-refractivity contribution in [3.8, 4) is 5.75 Å². The molecule has 0 amide bonds. The third-order valence-corrected chi connectivity index (χ3v) is 3.28. The van der Waals surface area contributed by atoms with Crippen LogP contribution in [-0.4, -0.2) is 23.2 Å². The highest BCUT2D eigenvalue weighted by atomic mass is 16.6. The molecule has 1 aromatic carbocycles. The maximum Gasteiger partial charge on any atom is 0.311 e.